The molecule has 5 nitrogen and oxygen atoms in total. The number of methoxy groups -OCH3 is 1. The fourth-order valence-corrected chi connectivity index (χ4v) is 1.58. The number of hydrogen-bond donors (Lipinski definition) is 2. The first-order chi connectivity index (χ1) is 9.69. The summed E-state index contributed by atoms with van der Waals surface area (Å²) in [4.78, 5) is 18.3. The Hall–Kier alpha value is -2.63. The van der Waals surface area contributed by atoms with E-state index in [2.05, 4.69) is 15.3 Å². The van der Waals surface area contributed by atoms with Gasteiger partial charge < -0.3 is 15.0 Å². The third kappa shape index (κ3) is 3.68. The van der Waals surface area contributed by atoms with Crippen molar-refractivity contribution in [1.29, 1.82) is 0 Å². The van der Waals surface area contributed by atoms with Crippen LogP contribution in [0.15, 0.2) is 36.8 Å². The molecule has 104 valence electrons. The van der Waals surface area contributed by atoms with Gasteiger partial charge in [0.15, 0.2) is 11.6 Å². The van der Waals surface area contributed by atoms with Gasteiger partial charge in [-0.3, -0.25) is 4.79 Å². The van der Waals surface area contributed by atoms with Gasteiger partial charge in [0.1, 0.15) is 0 Å². The highest BCUT2D eigenvalue weighted by Gasteiger charge is 2.02. The fraction of sp³-hybridized carbons (Fsp3) is 0.143. The molecule has 2 N–H and O–H groups in total. The smallest absolute Gasteiger partial charge is 0.244 e. The van der Waals surface area contributed by atoms with Crippen LogP contribution in [-0.2, 0) is 11.3 Å². The first kappa shape index (κ1) is 13.8. The number of H-pyrrole nitrogens is 1. The van der Waals surface area contributed by atoms with Crippen LogP contribution in [0.4, 0.5) is 4.39 Å². The number of ether oxygens (including phenoxy) is 1. The molecule has 1 aromatic carbocycles. The molecule has 2 rings (SSSR count). The van der Waals surface area contributed by atoms with Crippen molar-refractivity contribution in [1.82, 2.24) is 15.3 Å². The Morgan fingerprint density at radius 1 is 1.55 bits per heavy atom. The van der Waals surface area contributed by atoms with Crippen LogP contribution in [0.25, 0.3) is 6.08 Å². The van der Waals surface area contributed by atoms with Crippen LogP contribution in [0.2, 0.25) is 0 Å². The molecule has 0 atom stereocenters. The Bertz CT molecular complexity index is 609. The summed E-state index contributed by atoms with van der Waals surface area (Å²) in [5.74, 6) is -0.561. The minimum Gasteiger partial charge on any atom is -0.494 e. The average molecular weight is 275 g/mol. The Morgan fingerprint density at radius 2 is 2.40 bits per heavy atom. The van der Waals surface area contributed by atoms with Gasteiger partial charge in [-0.05, 0) is 23.8 Å². The lowest BCUT2D eigenvalue weighted by Crippen LogP contribution is -2.20. The molecule has 0 aliphatic heterocycles. The van der Waals surface area contributed by atoms with E-state index < -0.39 is 5.82 Å². The van der Waals surface area contributed by atoms with Crippen LogP contribution in [-0.4, -0.2) is 23.0 Å². The van der Waals surface area contributed by atoms with Crippen molar-refractivity contribution in [3.05, 3.63) is 53.9 Å². The molecule has 1 amide bonds. The second-order valence-electron chi connectivity index (χ2n) is 4.02. The number of carbonyl (C=O) groups is 1. The number of nitrogens with one attached hydrogen (secondary N) is 2. The van der Waals surface area contributed by atoms with Gasteiger partial charge in [0, 0.05) is 12.3 Å². The average Bonchev–Trinajstić information content (AvgIpc) is 2.96. The number of aromatic nitrogens is 2. The van der Waals surface area contributed by atoms with Gasteiger partial charge in [-0.1, -0.05) is 6.07 Å². The Labute approximate surface area is 115 Å². The summed E-state index contributed by atoms with van der Waals surface area (Å²) >= 11 is 0. The zero-order valence-electron chi connectivity index (χ0n) is 10.9. The van der Waals surface area contributed by atoms with E-state index in [1.54, 1.807) is 12.3 Å². The number of carbonyl (C=O) groups excluding carboxylic acids is 1. The Morgan fingerprint density at radius 3 is 3.05 bits per heavy atom. The maximum absolute atomic E-state index is 13.4. The normalized spacial score (nSPS) is 10.7. The number of rotatable bonds is 5. The van der Waals surface area contributed by atoms with Crippen molar-refractivity contribution >= 4 is 12.0 Å². The van der Waals surface area contributed by atoms with Gasteiger partial charge in [-0.2, -0.15) is 0 Å². The molecular weight excluding hydrogens is 261 g/mol. The molecule has 2 aromatic rings. The molecule has 0 aliphatic rings. The maximum Gasteiger partial charge on any atom is 0.244 e. The van der Waals surface area contributed by atoms with Crippen molar-refractivity contribution in [2.45, 2.75) is 6.54 Å². The van der Waals surface area contributed by atoms with Crippen molar-refractivity contribution in [3.63, 3.8) is 0 Å². The van der Waals surface area contributed by atoms with E-state index in [-0.39, 0.29) is 11.7 Å². The van der Waals surface area contributed by atoms with Gasteiger partial charge in [0.2, 0.25) is 5.91 Å². The molecule has 1 aromatic heterocycles. The van der Waals surface area contributed by atoms with Gasteiger partial charge in [0.25, 0.3) is 0 Å². The van der Waals surface area contributed by atoms with E-state index in [4.69, 9.17) is 4.74 Å². The molecule has 1 heterocycles. The molecule has 0 unspecified atom stereocenters. The van der Waals surface area contributed by atoms with Gasteiger partial charge in [-0.25, -0.2) is 9.37 Å². The molecule has 0 spiro atoms. The minimum absolute atomic E-state index is 0.172. The fourth-order valence-electron chi connectivity index (χ4n) is 1.58. The number of imidazole rings is 1. The Kier molecular flexibility index (Phi) is 4.49. The second kappa shape index (κ2) is 6.51. The van der Waals surface area contributed by atoms with Crippen LogP contribution in [0.5, 0.6) is 5.75 Å². The summed E-state index contributed by atoms with van der Waals surface area (Å²) in [5, 5.41) is 2.68. The van der Waals surface area contributed by atoms with Crippen molar-refractivity contribution in [2.75, 3.05) is 7.11 Å². The van der Waals surface area contributed by atoms with Crippen molar-refractivity contribution < 1.29 is 13.9 Å². The van der Waals surface area contributed by atoms with Gasteiger partial charge in [0.05, 0.1) is 25.7 Å². The largest absolute Gasteiger partial charge is 0.494 e. The summed E-state index contributed by atoms with van der Waals surface area (Å²) in [6, 6.07) is 4.48. The number of hydrogen-bond acceptors (Lipinski definition) is 3. The number of aromatic amines is 1. The summed E-state index contributed by atoms with van der Waals surface area (Å²) < 4.78 is 18.3. The van der Waals surface area contributed by atoms with E-state index in [1.165, 1.54) is 37.7 Å². The molecule has 0 saturated carbocycles. The van der Waals surface area contributed by atoms with Gasteiger partial charge in [-0.15, -0.1) is 0 Å². The van der Waals surface area contributed by atoms with E-state index in [1.807, 2.05) is 0 Å². The van der Waals surface area contributed by atoms with E-state index in [0.717, 1.165) is 5.69 Å². The second-order valence-corrected chi connectivity index (χ2v) is 4.02. The predicted molar refractivity (Wildman–Crippen MR) is 72.4 cm³/mol. The molecule has 0 aliphatic carbocycles. The summed E-state index contributed by atoms with van der Waals surface area (Å²) in [5.41, 5.74) is 1.39. The summed E-state index contributed by atoms with van der Waals surface area (Å²) in [6.45, 7) is 0.361. The van der Waals surface area contributed by atoms with E-state index in [9.17, 15) is 9.18 Å². The molecule has 0 saturated heterocycles. The number of halogens is 1. The first-order valence-electron chi connectivity index (χ1n) is 5.96. The van der Waals surface area contributed by atoms with Crippen LogP contribution in [0.3, 0.4) is 0 Å². The molecule has 0 fully saturated rings. The number of nitrogens with zero attached hydrogens (tertiary/aromatic N) is 1. The highest BCUT2D eigenvalue weighted by atomic mass is 19.1. The third-order valence-corrected chi connectivity index (χ3v) is 2.61. The molecular formula is C14H14FN3O2. The van der Waals surface area contributed by atoms with Crippen molar-refractivity contribution in [2.24, 2.45) is 0 Å². The summed E-state index contributed by atoms with van der Waals surface area (Å²) in [6.07, 6.45) is 6.04. The zero-order chi connectivity index (χ0) is 14.4. The van der Waals surface area contributed by atoms with Crippen LogP contribution < -0.4 is 10.1 Å². The Balaban J connectivity index is 1.91. The van der Waals surface area contributed by atoms with E-state index >= 15 is 0 Å². The van der Waals surface area contributed by atoms with Crippen molar-refractivity contribution in [3.8, 4) is 5.75 Å². The molecule has 6 heteroatoms. The lowest BCUT2D eigenvalue weighted by molar-refractivity contribution is -0.116. The molecule has 0 bridgehead atoms. The maximum atomic E-state index is 13.4. The van der Waals surface area contributed by atoms with Crippen LogP contribution >= 0.6 is 0 Å². The quantitative estimate of drug-likeness (QED) is 0.819. The summed E-state index contributed by atoms with van der Waals surface area (Å²) in [7, 11) is 1.40. The van der Waals surface area contributed by atoms with Gasteiger partial charge >= 0.3 is 0 Å². The highest BCUT2D eigenvalue weighted by Crippen LogP contribution is 2.18. The third-order valence-electron chi connectivity index (χ3n) is 2.61. The SMILES string of the molecule is COc1ccc(C=CC(=O)NCc2cnc[nH]2)cc1F. The number of benzene rings is 1. The highest BCUT2D eigenvalue weighted by molar-refractivity contribution is 5.91. The zero-order valence-corrected chi connectivity index (χ0v) is 10.9. The standard InChI is InChI=1S/C14H14FN3O2/c1-20-13-4-2-10(6-12(13)15)3-5-14(19)17-8-11-7-16-9-18-11/h2-7,9H,8H2,1H3,(H,16,18)(H,17,19). The minimum atomic E-state index is -0.465. The first-order valence-corrected chi connectivity index (χ1v) is 5.96. The van der Waals surface area contributed by atoms with Crippen LogP contribution in [0, 0.1) is 5.82 Å². The molecule has 0 radical (unpaired) electrons. The number of amides is 1. The van der Waals surface area contributed by atoms with Crippen LogP contribution in [0.1, 0.15) is 11.3 Å². The lowest BCUT2D eigenvalue weighted by Gasteiger charge is -2.02. The van der Waals surface area contributed by atoms with E-state index in [0.29, 0.717) is 12.1 Å². The topological polar surface area (TPSA) is 67.0 Å². The lowest BCUT2D eigenvalue weighted by atomic mass is 10.2. The monoisotopic (exact) mass is 275 g/mol. The molecule has 20 heavy (non-hydrogen) atoms. The predicted octanol–water partition coefficient (Wildman–Crippen LogP) is 1.89.